The molecular weight excluding hydrogens is 448 g/mol. The summed E-state index contributed by atoms with van der Waals surface area (Å²) in [6, 6.07) is 8.42. The zero-order chi connectivity index (χ0) is 18.4. The normalized spacial score (nSPS) is 11.6. The van der Waals surface area contributed by atoms with Gasteiger partial charge in [0, 0.05) is 0 Å². The van der Waals surface area contributed by atoms with Crippen molar-refractivity contribution in [2.75, 3.05) is 19.1 Å². The number of nitrogens with zero attached hydrogens (tertiary/aromatic N) is 1. The quantitative estimate of drug-likeness (QED) is 0.365. The highest BCUT2D eigenvalue weighted by molar-refractivity contribution is 14.1. The number of hydrazone groups is 1. The van der Waals surface area contributed by atoms with Crippen molar-refractivity contribution in [2.45, 2.75) is 13.1 Å². The Morgan fingerprint density at radius 3 is 2.64 bits per heavy atom. The second-order valence-corrected chi connectivity index (χ2v) is 6.08. The summed E-state index contributed by atoms with van der Waals surface area (Å²) in [5, 5.41) is 3.99. The highest BCUT2D eigenvalue weighted by Crippen LogP contribution is 2.33. The minimum Gasteiger partial charge on any atom is -0.493 e. The number of hydrogen-bond acceptors (Lipinski definition) is 4. The molecule has 0 spiro atoms. The molecular formula is C17H16F3IN2O2. The van der Waals surface area contributed by atoms with Crippen molar-refractivity contribution >= 4 is 34.5 Å². The summed E-state index contributed by atoms with van der Waals surface area (Å²) < 4.78 is 49.8. The molecule has 134 valence electrons. The molecule has 0 aliphatic heterocycles. The molecule has 0 radical (unpaired) electrons. The van der Waals surface area contributed by atoms with Gasteiger partial charge in [-0.05, 0) is 65.4 Å². The highest BCUT2D eigenvalue weighted by Gasteiger charge is 2.30. The fourth-order valence-electron chi connectivity index (χ4n) is 2.05. The van der Waals surface area contributed by atoms with Crippen LogP contribution < -0.4 is 14.9 Å². The van der Waals surface area contributed by atoms with E-state index in [-0.39, 0.29) is 5.69 Å². The van der Waals surface area contributed by atoms with E-state index in [0.717, 1.165) is 21.3 Å². The SMILES string of the molecule is CCOc1c(I)cc(C=NNc2cccc(C(F)(F)F)c2)cc1OC. The van der Waals surface area contributed by atoms with E-state index in [1.54, 1.807) is 6.07 Å². The molecule has 2 rings (SSSR count). The summed E-state index contributed by atoms with van der Waals surface area (Å²) in [6.07, 6.45) is -2.89. The van der Waals surface area contributed by atoms with Gasteiger partial charge in [-0.2, -0.15) is 18.3 Å². The number of alkyl halides is 3. The van der Waals surface area contributed by atoms with Crippen molar-refractivity contribution in [1.82, 2.24) is 0 Å². The van der Waals surface area contributed by atoms with Crippen molar-refractivity contribution in [3.63, 3.8) is 0 Å². The predicted octanol–water partition coefficient (Wildman–Crippen LogP) is 5.16. The standard InChI is InChI=1S/C17H16F3IN2O2/c1-3-25-16-14(21)7-11(8-15(16)24-2)10-22-23-13-6-4-5-12(9-13)17(18,19)20/h4-10,23H,3H2,1-2H3. The molecule has 0 atom stereocenters. The van der Waals surface area contributed by atoms with Crippen LogP contribution in [-0.2, 0) is 6.18 Å². The molecule has 2 aromatic rings. The summed E-state index contributed by atoms with van der Waals surface area (Å²) >= 11 is 2.12. The molecule has 2 aromatic carbocycles. The largest absolute Gasteiger partial charge is 0.493 e. The van der Waals surface area contributed by atoms with E-state index in [1.807, 2.05) is 13.0 Å². The van der Waals surface area contributed by atoms with Gasteiger partial charge in [-0.3, -0.25) is 5.43 Å². The van der Waals surface area contributed by atoms with E-state index in [1.165, 1.54) is 25.5 Å². The van der Waals surface area contributed by atoms with Crippen molar-refractivity contribution in [3.05, 3.63) is 51.1 Å². The number of methoxy groups -OCH3 is 1. The Balaban J connectivity index is 2.16. The van der Waals surface area contributed by atoms with Gasteiger partial charge >= 0.3 is 6.18 Å². The first-order valence-electron chi connectivity index (χ1n) is 7.31. The van der Waals surface area contributed by atoms with E-state index >= 15 is 0 Å². The maximum absolute atomic E-state index is 12.7. The van der Waals surface area contributed by atoms with E-state index < -0.39 is 11.7 Å². The molecule has 0 bridgehead atoms. The molecule has 0 saturated carbocycles. The molecule has 0 unspecified atom stereocenters. The molecule has 4 nitrogen and oxygen atoms in total. The van der Waals surface area contributed by atoms with Crippen LogP contribution in [0.2, 0.25) is 0 Å². The third kappa shape index (κ3) is 5.25. The molecule has 0 aliphatic carbocycles. The lowest BCUT2D eigenvalue weighted by molar-refractivity contribution is -0.137. The number of nitrogens with one attached hydrogen (secondary N) is 1. The molecule has 0 heterocycles. The minimum atomic E-state index is -4.39. The van der Waals surface area contributed by atoms with Gasteiger partial charge < -0.3 is 9.47 Å². The van der Waals surface area contributed by atoms with Crippen LogP contribution >= 0.6 is 22.6 Å². The monoisotopic (exact) mass is 464 g/mol. The topological polar surface area (TPSA) is 42.8 Å². The summed E-state index contributed by atoms with van der Waals surface area (Å²) in [4.78, 5) is 0. The second-order valence-electron chi connectivity index (χ2n) is 4.92. The van der Waals surface area contributed by atoms with Crippen molar-refractivity contribution in [2.24, 2.45) is 5.10 Å². The van der Waals surface area contributed by atoms with Crippen molar-refractivity contribution < 1.29 is 22.6 Å². The van der Waals surface area contributed by atoms with E-state index in [9.17, 15) is 13.2 Å². The number of benzene rings is 2. The Kier molecular flexibility index (Phi) is 6.51. The van der Waals surface area contributed by atoms with Gasteiger partial charge in [-0.25, -0.2) is 0 Å². The van der Waals surface area contributed by atoms with Crippen molar-refractivity contribution in [1.29, 1.82) is 0 Å². The molecule has 0 aliphatic rings. The Morgan fingerprint density at radius 1 is 1.24 bits per heavy atom. The smallest absolute Gasteiger partial charge is 0.416 e. The van der Waals surface area contributed by atoms with Gasteiger partial charge in [0.2, 0.25) is 0 Å². The van der Waals surface area contributed by atoms with E-state index in [0.29, 0.717) is 18.1 Å². The van der Waals surface area contributed by atoms with Crippen LogP contribution in [0.15, 0.2) is 41.5 Å². The fourth-order valence-corrected chi connectivity index (χ4v) is 2.83. The lowest BCUT2D eigenvalue weighted by Crippen LogP contribution is -2.05. The van der Waals surface area contributed by atoms with Crippen LogP contribution in [0.25, 0.3) is 0 Å². The van der Waals surface area contributed by atoms with E-state index in [4.69, 9.17) is 9.47 Å². The maximum atomic E-state index is 12.7. The lowest BCUT2D eigenvalue weighted by Gasteiger charge is -2.12. The Morgan fingerprint density at radius 2 is 2.00 bits per heavy atom. The molecule has 1 N–H and O–H groups in total. The number of rotatable bonds is 6. The number of ether oxygens (including phenoxy) is 2. The maximum Gasteiger partial charge on any atom is 0.416 e. The summed E-state index contributed by atoms with van der Waals surface area (Å²) in [5.41, 5.74) is 2.84. The van der Waals surface area contributed by atoms with Crippen LogP contribution in [0, 0.1) is 3.57 Å². The zero-order valence-corrected chi connectivity index (χ0v) is 15.7. The first-order chi connectivity index (χ1) is 11.8. The first-order valence-corrected chi connectivity index (χ1v) is 8.39. The van der Waals surface area contributed by atoms with Gasteiger partial charge in [-0.15, -0.1) is 0 Å². The minimum absolute atomic E-state index is 0.249. The van der Waals surface area contributed by atoms with Crippen LogP contribution in [0.4, 0.5) is 18.9 Å². The average Bonchev–Trinajstić information content (AvgIpc) is 2.56. The second kappa shape index (κ2) is 8.41. The van der Waals surface area contributed by atoms with Crippen molar-refractivity contribution in [3.8, 4) is 11.5 Å². The summed E-state index contributed by atoms with van der Waals surface area (Å²) in [6.45, 7) is 2.39. The van der Waals surface area contributed by atoms with Gasteiger partial charge in [0.15, 0.2) is 11.5 Å². The first kappa shape index (κ1) is 19.4. The lowest BCUT2D eigenvalue weighted by atomic mass is 10.2. The number of anilines is 1. The molecule has 0 amide bonds. The predicted molar refractivity (Wildman–Crippen MR) is 99.5 cm³/mol. The number of hydrogen-bond donors (Lipinski definition) is 1. The summed E-state index contributed by atoms with van der Waals surface area (Å²) in [5.74, 6) is 1.21. The molecule has 0 aromatic heterocycles. The zero-order valence-electron chi connectivity index (χ0n) is 13.5. The number of halogens is 4. The van der Waals surface area contributed by atoms with Gasteiger partial charge in [0.25, 0.3) is 0 Å². The molecule has 0 fully saturated rings. The average molecular weight is 464 g/mol. The molecule has 8 heteroatoms. The highest BCUT2D eigenvalue weighted by atomic mass is 127. The van der Waals surface area contributed by atoms with E-state index in [2.05, 4.69) is 33.1 Å². The van der Waals surface area contributed by atoms with Crippen LogP contribution in [0.3, 0.4) is 0 Å². The van der Waals surface area contributed by atoms with Crippen LogP contribution in [0.1, 0.15) is 18.1 Å². The Bertz CT molecular complexity index is 764. The van der Waals surface area contributed by atoms with Crippen LogP contribution in [0.5, 0.6) is 11.5 Å². The molecule has 25 heavy (non-hydrogen) atoms. The van der Waals surface area contributed by atoms with Crippen LogP contribution in [-0.4, -0.2) is 19.9 Å². The van der Waals surface area contributed by atoms with Gasteiger partial charge in [-0.1, -0.05) is 6.07 Å². The van der Waals surface area contributed by atoms with Gasteiger partial charge in [0.05, 0.1) is 34.8 Å². The summed E-state index contributed by atoms with van der Waals surface area (Å²) in [7, 11) is 1.54. The Labute approximate surface area is 157 Å². The van der Waals surface area contributed by atoms with Gasteiger partial charge in [0.1, 0.15) is 0 Å². The third-order valence-corrected chi connectivity index (χ3v) is 3.94. The molecule has 0 saturated heterocycles. The fraction of sp³-hybridized carbons (Fsp3) is 0.235. The Hall–Kier alpha value is -1.97. The third-order valence-electron chi connectivity index (χ3n) is 3.14.